The summed E-state index contributed by atoms with van der Waals surface area (Å²) in [5, 5.41) is 8.47. The van der Waals surface area contributed by atoms with Crippen molar-refractivity contribution < 1.29 is 23.1 Å². The van der Waals surface area contributed by atoms with E-state index in [0.29, 0.717) is 6.54 Å². The SMILES string of the molecule is CCN(C)c1ccc(/C=C/C(=O)O)cc1C(F)(F)F. The fraction of sp³-hybridized carbons (Fsp3) is 0.308. The van der Waals surface area contributed by atoms with Gasteiger partial charge in [-0.15, -0.1) is 0 Å². The van der Waals surface area contributed by atoms with E-state index in [-0.39, 0.29) is 11.3 Å². The number of carboxylic acid groups (broad SMARTS) is 1. The van der Waals surface area contributed by atoms with E-state index in [1.807, 2.05) is 0 Å². The molecule has 1 aromatic carbocycles. The van der Waals surface area contributed by atoms with Gasteiger partial charge >= 0.3 is 12.1 Å². The van der Waals surface area contributed by atoms with Crippen LogP contribution in [-0.4, -0.2) is 24.7 Å². The third-order valence-corrected chi connectivity index (χ3v) is 2.63. The minimum absolute atomic E-state index is 0.0717. The molecule has 19 heavy (non-hydrogen) atoms. The molecule has 0 radical (unpaired) electrons. The van der Waals surface area contributed by atoms with Crippen LogP contribution in [0.25, 0.3) is 6.08 Å². The number of hydrogen-bond acceptors (Lipinski definition) is 2. The fourth-order valence-corrected chi connectivity index (χ4v) is 1.56. The first-order valence-electron chi connectivity index (χ1n) is 5.59. The maximum Gasteiger partial charge on any atom is 0.418 e. The molecule has 0 spiro atoms. The number of hydrogen-bond donors (Lipinski definition) is 1. The average Bonchev–Trinajstić information content (AvgIpc) is 2.34. The molecule has 1 aromatic rings. The van der Waals surface area contributed by atoms with E-state index in [1.165, 1.54) is 17.0 Å². The summed E-state index contributed by atoms with van der Waals surface area (Å²) in [6.07, 6.45) is -2.54. The Hall–Kier alpha value is -1.98. The summed E-state index contributed by atoms with van der Waals surface area (Å²) in [6, 6.07) is 3.74. The molecule has 6 heteroatoms. The summed E-state index contributed by atoms with van der Waals surface area (Å²) in [7, 11) is 1.57. The Bertz CT molecular complexity index is 495. The van der Waals surface area contributed by atoms with Crippen molar-refractivity contribution in [3.63, 3.8) is 0 Å². The molecule has 0 aliphatic rings. The molecule has 1 N–H and O–H groups in total. The average molecular weight is 273 g/mol. The van der Waals surface area contributed by atoms with Gasteiger partial charge in [-0.25, -0.2) is 4.79 Å². The second-order valence-corrected chi connectivity index (χ2v) is 3.96. The summed E-state index contributed by atoms with van der Waals surface area (Å²) in [4.78, 5) is 11.8. The molecule has 0 aliphatic heterocycles. The third-order valence-electron chi connectivity index (χ3n) is 2.63. The number of benzene rings is 1. The number of rotatable bonds is 4. The maximum atomic E-state index is 13.0. The van der Waals surface area contributed by atoms with Crippen molar-refractivity contribution in [3.8, 4) is 0 Å². The lowest BCUT2D eigenvalue weighted by Gasteiger charge is -2.22. The van der Waals surface area contributed by atoms with Gasteiger partial charge in [-0.05, 0) is 30.7 Å². The highest BCUT2D eigenvalue weighted by molar-refractivity contribution is 5.85. The van der Waals surface area contributed by atoms with Gasteiger partial charge in [0.05, 0.1) is 5.56 Å². The minimum atomic E-state index is -4.48. The number of aliphatic carboxylic acids is 1. The van der Waals surface area contributed by atoms with Crippen molar-refractivity contribution >= 4 is 17.7 Å². The van der Waals surface area contributed by atoms with Gasteiger partial charge in [0, 0.05) is 25.4 Å². The molecule has 0 saturated carbocycles. The van der Waals surface area contributed by atoms with Crippen molar-refractivity contribution in [2.75, 3.05) is 18.5 Å². The van der Waals surface area contributed by atoms with Crippen LogP contribution in [0.5, 0.6) is 0 Å². The van der Waals surface area contributed by atoms with Gasteiger partial charge in [0.1, 0.15) is 0 Å². The quantitative estimate of drug-likeness (QED) is 0.856. The second-order valence-electron chi connectivity index (χ2n) is 3.96. The zero-order valence-corrected chi connectivity index (χ0v) is 10.5. The summed E-state index contributed by atoms with van der Waals surface area (Å²) in [5.74, 6) is -1.21. The van der Waals surface area contributed by atoms with Gasteiger partial charge in [-0.1, -0.05) is 6.07 Å². The van der Waals surface area contributed by atoms with Gasteiger partial charge in [0.25, 0.3) is 0 Å². The fourth-order valence-electron chi connectivity index (χ4n) is 1.56. The molecule has 1 rings (SSSR count). The number of halogens is 3. The Labute approximate surface area is 109 Å². The molecular weight excluding hydrogens is 259 g/mol. The molecule has 0 saturated heterocycles. The Morgan fingerprint density at radius 3 is 2.53 bits per heavy atom. The highest BCUT2D eigenvalue weighted by Crippen LogP contribution is 2.37. The molecule has 0 heterocycles. The van der Waals surface area contributed by atoms with Crippen LogP contribution in [-0.2, 0) is 11.0 Å². The second kappa shape index (κ2) is 5.77. The number of carboxylic acids is 1. The van der Waals surface area contributed by atoms with Crippen molar-refractivity contribution in [1.29, 1.82) is 0 Å². The van der Waals surface area contributed by atoms with E-state index >= 15 is 0 Å². The lowest BCUT2D eigenvalue weighted by molar-refractivity contribution is -0.137. The van der Waals surface area contributed by atoms with Crippen LogP contribution in [0.1, 0.15) is 18.1 Å². The first-order valence-corrected chi connectivity index (χ1v) is 5.59. The summed E-state index contributed by atoms with van der Waals surface area (Å²) in [5.41, 5.74) is -0.505. The monoisotopic (exact) mass is 273 g/mol. The van der Waals surface area contributed by atoms with Crippen LogP contribution in [0.15, 0.2) is 24.3 Å². The first kappa shape index (κ1) is 15.1. The molecule has 0 amide bonds. The summed E-state index contributed by atoms with van der Waals surface area (Å²) in [6.45, 7) is 2.19. The smallest absolute Gasteiger partial charge is 0.418 e. The molecule has 0 fully saturated rings. The molecule has 0 aromatic heterocycles. The zero-order valence-electron chi connectivity index (χ0n) is 10.5. The Morgan fingerprint density at radius 1 is 1.42 bits per heavy atom. The van der Waals surface area contributed by atoms with Crippen LogP contribution < -0.4 is 4.90 Å². The molecule has 0 unspecified atom stereocenters. The largest absolute Gasteiger partial charge is 0.478 e. The van der Waals surface area contributed by atoms with Crippen LogP contribution in [0.3, 0.4) is 0 Å². The van der Waals surface area contributed by atoms with Crippen molar-refractivity contribution in [3.05, 3.63) is 35.4 Å². The van der Waals surface area contributed by atoms with Gasteiger partial charge in [-0.2, -0.15) is 13.2 Å². The van der Waals surface area contributed by atoms with Crippen LogP contribution in [0, 0.1) is 0 Å². The number of alkyl halides is 3. The van der Waals surface area contributed by atoms with Crippen molar-refractivity contribution in [1.82, 2.24) is 0 Å². The van der Waals surface area contributed by atoms with E-state index < -0.39 is 17.7 Å². The van der Waals surface area contributed by atoms with Crippen LogP contribution in [0.2, 0.25) is 0 Å². The van der Waals surface area contributed by atoms with E-state index in [2.05, 4.69) is 0 Å². The standard InChI is InChI=1S/C13H14F3NO2/c1-3-17(2)11-6-4-9(5-7-12(18)19)8-10(11)13(14,15)16/h4-8H,3H2,1-2H3,(H,18,19)/b7-5+. The topological polar surface area (TPSA) is 40.5 Å². The van der Waals surface area contributed by atoms with Gasteiger partial charge in [0.15, 0.2) is 0 Å². The number of nitrogens with zero attached hydrogens (tertiary/aromatic N) is 1. The van der Waals surface area contributed by atoms with Gasteiger partial charge in [0.2, 0.25) is 0 Å². The normalized spacial score (nSPS) is 11.8. The molecule has 3 nitrogen and oxygen atoms in total. The van der Waals surface area contributed by atoms with E-state index in [4.69, 9.17) is 5.11 Å². The molecular formula is C13H14F3NO2. The highest BCUT2D eigenvalue weighted by Gasteiger charge is 2.34. The highest BCUT2D eigenvalue weighted by atomic mass is 19.4. The molecule has 104 valence electrons. The zero-order chi connectivity index (χ0) is 14.6. The van der Waals surface area contributed by atoms with Gasteiger partial charge in [-0.3, -0.25) is 0 Å². The lowest BCUT2D eigenvalue weighted by Crippen LogP contribution is -2.20. The Balaban J connectivity index is 3.27. The predicted molar refractivity (Wildman–Crippen MR) is 67.1 cm³/mol. The van der Waals surface area contributed by atoms with Gasteiger partial charge < -0.3 is 10.0 Å². The summed E-state index contributed by atoms with van der Waals surface area (Å²) >= 11 is 0. The first-order chi connectivity index (χ1) is 8.75. The van der Waals surface area contributed by atoms with E-state index in [1.54, 1.807) is 14.0 Å². The number of anilines is 1. The van der Waals surface area contributed by atoms with Crippen molar-refractivity contribution in [2.45, 2.75) is 13.1 Å². The van der Waals surface area contributed by atoms with E-state index in [9.17, 15) is 18.0 Å². The predicted octanol–water partition coefficient (Wildman–Crippen LogP) is 3.26. The number of carbonyl (C=O) groups is 1. The lowest BCUT2D eigenvalue weighted by atomic mass is 10.1. The molecule has 0 aliphatic carbocycles. The Morgan fingerprint density at radius 2 is 2.05 bits per heavy atom. The third kappa shape index (κ3) is 4.01. The van der Waals surface area contributed by atoms with Crippen LogP contribution >= 0.6 is 0 Å². The van der Waals surface area contributed by atoms with Crippen LogP contribution in [0.4, 0.5) is 18.9 Å². The Kier molecular flexibility index (Phi) is 4.58. The molecule has 0 atom stereocenters. The maximum absolute atomic E-state index is 13.0. The summed E-state index contributed by atoms with van der Waals surface area (Å²) < 4.78 is 38.9. The van der Waals surface area contributed by atoms with Crippen molar-refractivity contribution in [2.24, 2.45) is 0 Å². The van der Waals surface area contributed by atoms with E-state index in [0.717, 1.165) is 18.2 Å². The minimum Gasteiger partial charge on any atom is -0.478 e. The molecule has 0 bridgehead atoms.